The summed E-state index contributed by atoms with van der Waals surface area (Å²) in [4.78, 5) is 9.89. The van der Waals surface area contributed by atoms with Crippen LogP contribution < -0.4 is 0 Å². The van der Waals surface area contributed by atoms with Gasteiger partial charge in [0.1, 0.15) is 6.29 Å². The second-order valence-electron chi connectivity index (χ2n) is 2.63. The first-order chi connectivity index (χ1) is 6.85. The van der Waals surface area contributed by atoms with Crippen LogP contribution in [0.1, 0.15) is 18.9 Å². The SMILES string of the molecule is CCCO.O=C/C=C/c1ccccc1. The van der Waals surface area contributed by atoms with E-state index >= 15 is 0 Å². The van der Waals surface area contributed by atoms with Crippen LogP contribution in [-0.4, -0.2) is 18.0 Å². The minimum absolute atomic E-state index is 0.319. The van der Waals surface area contributed by atoms with Crippen LogP contribution in [0, 0.1) is 0 Å². The number of benzene rings is 1. The highest BCUT2D eigenvalue weighted by Gasteiger charge is 1.79. The molecule has 0 heterocycles. The molecule has 0 aromatic heterocycles. The highest BCUT2D eigenvalue weighted by molar-refractivity contribution is 5.73. The van der Waals surface area contributed by atoms with Crippen molar-refractivity contribution in [2.75, 3.05) is 6.61 Å². The molecular weight excluding hydrogens is 176 g/mol. The maximum atomic E-state index is 9.89. The molecule has 0 radical (unpaired) electrons. The molecule has 1 rings (SSSR count). The van der Waals surface area contributed by atoms with E-state index in [1.165, 1.54) is 6.08 Å². The van der Waals surface area contributed by atoms with E-state index in [1.54, 1.807) is 6.08 Å². The molecule has 0 unspecified atom stereocenters. The van der Waals surface area contributed by atoms with Gasteiger partial charge in [0.05, 0.1) is 0 Å². The summed E-state index contributed by atoms with van der Waals surface area (Å²) >= 11 is 0. The molecule has 14 heavy (non-hydrogen) atoms. The van der Waals surface area contributed by atoms with E-state index < -0.39 is 0 Å². The summed E-state index contributed by atoms with van der Waals surface area (Å²) in [6, 6.07) is 9.70. The van der Waals surface area contributed by atoms with Crippen LogP contribution in [-0.2, 0) is 4.79 Å². The van der Waals surface area contributed by atoms with E-state index in [-0.39, 0.29) is 0 Å². The Morgan fingerprint density at radius 3 is 2.29 bits per heavy atom. The van der Waals surface area contributed by atoms with Gasteiger partial charge in [-0.15, -0.1) is 0 Å². The number of carbonyl (C=O) groups is 1. The lowest BCUT2D eigenvalue weighted by Gasteiger charge is -1.86. The zero-order chi connectivity index (χ0) is 10.6. The molecule has 1 N–H and O–H groups in total. The van der Waals surface area contributed by atoms with Crippen molar-refractivity contribution in [1.29, 1.82) is 0 Å². The minimum atomic E-state index is 0.319. The predicted octanol–water partition coefficient (Wildman–Crippen LogP) is 2.29. The summed E-state index contributed by atoms with van der Waals surface area (Å²) in [5, 5.41) is 7.88. The van der Waals surface area contributed by atoms with E-state index in [9.17, 15) is 4.79 Å². The second kappa shape index (κ2) is 9.68. The zero-order valence-corrected chi connectivity index (χ0v) is 8.39. The van der Waals surface area contributed by atoms with E-state index in [0.29, 0.717) is 6.61 Å². The summed E-state index contributed by atoms with van der Waals surface area (Å²) < 4.78 is 0. The fourth-order valence-electron chi connectivity index (χ4n) is 0.715. The van der Waals surface area contributed by atoms with Crippen LogP contribution >= 0.6 is 0 Å². The Morgan fingerprint density at radius 1 is 1.29 bits per heavy atom. The lowest BCUT2D eigenvalue weighted by atomic mass is 10.2. The molecule has 0 aliphatic heterocycles. The maximum Gasteiger partial charge on any atom is 0.142 e. The fourth-order valence-corrected chi connectivity index (χ4v) is 0.715. The van der Waals surface area contributed by atoms with Crippen molar-refractivity contribution in [1.82, 2.24) is 0 Å². The van der Waals surface area contributed by atoms with Crippen LogP contribution in [0.4, 0.5) is 0 Å². The van der Waals surface area contributed by atoms with Gasteiger partial charge in [0.2, 0.25) is 0 Å². The number of allylic oxidation sites excluding steroid dienone is 1. The van der Waals surface area contributed by atoms with Crippen LogP contribution in [0.5, 0.6) is 0 Å². The molecule has 0 aliphatic carbocycles. The average molecular weight is 192 g/mol. The molecule has 0 amide bonds. The van der Waals surface area contributed by atoms with Gasteiger partial charge in [-0.1, -0.05) is 43.3 Å². The molecule has 2 heteroatoms. The largest absolute Gasteiger partial charge is 0.396 e. The summed E-state index contributed by atoms with van der Waals surface area (Å²) in [5.41, 5.74) is 1.05. The van der Waals surface area contributed by atoms with Gasteiger partial charge in [-0.25, -0.2) is 0 Å². The molecule has 0 fully saturated rings. The van der Waals surface area contributed by atoms with Crippen molar-refractivity contribution >= 4 is 12.4 Å². The highest BCUT2D eigenvalue weighted by Crippen LogP contribution is 1.99. The van der Waals surface area contributed by atoms with Crippen molar-refractivity contribution in [3.8, 4) is 0 Å². The van der Waals surface area contributed by atoms with E-state index in [4.69, 9.17) is 5.11 Å². The van der Waals surface area contributed by atoms with Crippen LogP contribution in [0.2, 0.25) is 0 Å². The number of hydrogen-bond acceptors (Lipinski definition) is 2. The molecule has 0 bridgehead atoms. The average Bonchev–Trinajstić information content (AvgIpc) is 2.28. The normalized spacial score (nSPS) is 9.29. The Bertz CT molecular complexity index is 250. The Hall–Kier alpha value is -1.41. The third-order valence-electron chi connectivity index (χ3n) is 1.39. The van der Waals surface area contributed by atoms with Gasteiger partial charge in [0.25, 0.3) is 0 Å². The molecule has 0 aliphatic rings. The third kappa shape index (κ3) is 7.25. The number of aliphatic hydroxyl groups excluding tert-OH is 1. The minimum Gasteiger partial charge on any atom is -0.396 e. The van der Waals surface area contributed by atoms with E-state index in [1.807, 2.05) is 37.3 Å². The molecule has 2 nitrogen and oxygen atoms in total. The number of aliphatic hydroxyl groups is 1. The van der Waals surface area contributed by atoms with Crippen molar-refractivity contribution in [2.24, 2.45) is 0 Å². The van der Waals surface area contributed by atoms with Crippen molar-refractivity contribution < 1.29 is 9.90 Å². The van der Waals surface area contributed by atoms with Crippen LogP contribution in [0.25, 0.3) is 6.08 Å². The lowest BCUT2D eigenvalue weighted by Crippen LogP contribution is -1.69. The second-order valence-corrected chi connectivity index (χ2v) is 2.63. The summed E-state index contributed by atoms with van der Waals surface area (Å²) in [6.07, 6.45) is 4.90. The van der Waals surface area contributed by atoms with Crippen molar-refractivity contribution in [3.63, 3.8) is 0 Å². The Morgan fingerprint density at radius 2 is 1.86 bits per heavy atom. The van der Waals surface area contributed by atoms with Gasteiger partial charge in [0, 0.05) is 6.61 Å². The molecule has 0 spiro atoms. The van der Waals surface area contributed by atoms with E-state index in [2.05, 4.69) is 0 Å². The first-order valence-corrected chi connectivity index (χ1v) is 4.63. The smallest absolute Gasteiger partial charge is 0.142 e. The van der Waals surface area contributed by atoms with Crippen molar-refractivity contribution in [3.05, 3.63) is 42.0 Å². The summed E-state index contributed by atoms with van der Waals surface area (Å²) in [7, 11) is 0. The lowest BCUT2D eigenvalue weighted by molar-refractivity contribution is -0.104. The van der Waals surface area contributed by atoms with Gasteiger partial charge in [-0.3, -0.25) is 4.79 Å². The van der Waals surface area contributed by atoms with Gasteiger partial charge >= 0.3 is 0 Å². The number of aldehydes is 1. The monoisotopic (exact) mass is 192 g/mol. The third-order valence-corrected chi connectivity index (χ3v) is 1.39. The van der Waals surface area contributed by atoms with Crippen molar-refractivity contribution in [2.45, 2.75) is 13.3 Å². The Balaban J connectivity index is 0.000000364. The first kappa shape index (κ1) is 12.6. The number of carbonyl (C=O) groups excluding carboxylic acids is 1. The van der Waals surface area contributed by atoms with E-state index in [0.717, 1.165) is 18.3 Å². The maximum absolute atomic E-state index is 9.89. The molecule has 0 atom stereocenters. The van der Waals surface area contributed by atoms with Gasteiger partial charge in [-0.05, 0) is 18.1 Å². The number of rotatable bonds is 3. The highest BCUT2D eigenvalue weighted by atomic mass is 16.2. The van der Waals surface area contributed by atoms with Crippen LogP contribution in [0.3, 0.4) is 0 Å². The Labute approximate surface area is 84.9 Å². The number of hydrogen-bond donors (Lipinski definition) is 1. The van der Waals surface area contributed by atoms with Crippen LogP contribution in [0.15, 0.2) is 36.4 Å². The molecule has 76 valence electrons. The zero-order valence-electron chi connectivity index (χ0n) is 8.39. The van der Waals surface area contributed by atoms with Gasteiger partial charge in [-0.2, -0.15) is 0 Å². The predicted molar refractivity (Wildman–Crippen MR) is 58.9 cm³/mol. The molecule has 1 aromatic rings. The molecule has 0 saturated carbocycles. The first-order valence-electron chi connectivity index (χ1n) is 4.63. The molecule has 0 saturated heterocycles. The Kier molecular flexibility index (Phi) is 8.70. The van der Waals surface area contributed by atoms with Gasteiger partial charge in [0.15, 0.2) is 0 Å². The van der Waals surface area contributed by atoms with Gasteiger partial charge < -0.3 is 5.11 Å². The quantitative estimate of drug-likeness (QED) is 0.589. The molecular formula is C12H16O2. The molecule has 1 aromatic carbocycles. The topological polar surface area (TPSA) is 37.3 Å². The summed E-state index contributed by atoms with van der Waals surface area (Å²) in [5.74, 6) is 0. The standard InChI is InChI=1S/C9H8O.C3H8O/c10-8-4-7-9-5-2-1-3-6-9;1-2-3-4/h1-8H;4H,2-3H2,1H3/b7-4+;. The summed E-state index contributed by atoms with van der Waals surface area (Å²) in [6.45, 7) is 2.25. The fraction of sp³-hybridized carbons (Fsp3) is 0.250.